The number of nitrogens with two attached hydrogens (primary N) is 1. The molecule has 3 nitrogen and oxygen atoms in total. The van der Waals surface area contributed by atoms with Crippen molar-refractivity contribution < 1.29 is 4.74 Å². The van der Waals surface area contributed by atoms with Crippen LogP contribution >= 0.6 is 0 Å². The minimum absolute atomic E-state index is 0.0835. The summed E-state index contributed by atoms with van der Waals surface area (Å²) in [5.74, 6) is 0. The molecule has 100 valence electrons. The molecule has 1 heterocycles. The van der Waals surface area contributed by atoms with E-state index in [4.69, 9.17) is 10.5 Å². The van der Waals surface area contributed by atoms with Gasteiger partial charge in [-0.15, -0.1) is 0 Å². The van der Waals surface area contributed by atoms with Gasteiger partial charge in [0.05, 0.1) is 12.7 Å². The first kappa shape index (κ1) is 13.5. The van der Waals surface area contributed by atoms with Gasteiger partial charge in [-0.2, -0.15) is 0 Å². The highest BCUT2D eigenvalue weighted by Crippen LogP contribution is 2.12. The van der Waals surface area contributed by atoms with Crippen LogP contribution < -0.4 is 5.73 Å². The normalized spacial score (nSPS) is 22.9. The van der Waals surface area contributed by atoms with Gasteiger partial charge in [0.25, 0.3) is 0 Å². The van der Waals surface area contributed by atoms with E-state index in [2.05, 4.69) is 43.1 Å². The molecule has 0 saturated carbocycles. The molecule has 1 aromatic rings. The number of hydrogen-bond acceptors (Lipinski definition) is 3. The zero-order valence-corrected chi connectivity index (χ0v) is 11.4. The lowest BCUT2D eigenvalue weighted by Crippen LogP contribution is -2.50. The quantitative estimate of drug-likeness (QED) is 0.876. The first-order chi connectivity index (χ1) is 8.69. The maximum atomic E-state index is 6.26. The zero-order chi connectivity index (χ0) is 13.0. The molecule has 1 fully saturated rings. The summed E-state index contributed by atoms with van der Waals surface area (Å²) in [5, 5.41) is 0. The van der Waals surface area contributed by atoms with Crippen molar-refractivity contribution in [3.8, 4) is 0 Å². The molecule has 0 spiro atoms. The van der Waals surface area contributed by atoms with E-state index in [9.17, 15) is 0 Å². The Bertz CT molecular complexity index is 363. The SMILES string of the molecule is CCc1ccc(CC(N)C2CN(C)CCO2)cc1. The molecule has 1 aliphatic rings. The number of aryl methyl sites for hydroxylation is 1. The number of nitrogens with zero attached hydrogens (tertiary/aromatic N) is 1. The van der Waals surface area contributed by atoms with Gasteiger partial charge in [-0.3, -0.25) is 0 Å². The van der Waals surface area contributed by atoms with Crippen LogP contribution in [-0.4, -0.2) is 43.8 Å². The van der Waals surface area contributed by atoms with E-state index in [1.165, 1.54) is 11.1 Å². The topological polar surface area (TPSA) is 38.5 Å². The first-order valence-corrected chi connectivity index (χ1v) is 6.82. The molecule has 1 aromatic carbocycles. The lowest BCUT2D eigenvalue weighted by Gasteiger charge is -2.33. The van der Waals surface area contributed by atoms with Crippen LogP contribution in [0.4, 0.5) is 0 Å². The summed E-state index contributed by atoms with van der Waals surface area (Å²) in [6.45, 7) is 4.92. The average molecular weight is 248 g/mol. The predicted molar refractivity (Wildman–Crippen MR) is 74.7 cm³/mol. The van der Waals surface area contributed by atoms with Crippen LogP contribution in [0.3, 0.4) is 0 Å². The second-order valence-electron chi connectivity index (χ2n) is 5.21. The van der Waals surface area contributed by atoms with E-state index in [1.54, 1.807) is 0 Å². The van der Waals surface area contributed by atoms with Gasteiger partial charge in [-0.25, -0.2) is 0 Å². The summed E-state index contributed by atoms with van der Waals surface area (Å²) in [6.07, 6.45) is 2.14. The predicted octanol–water partition coefficient (Wildman–Crippen LogP) is 1.45. The summed E-state index contributed by atoms with van der Waals surface area (Å²) in [7, 11) is 2.12. The molecule has 0 bridgehead atoms. The Morgan fingerprint density at radius 3 is 2.61 bits per heavy atom. The van der Waals surface area contributed by atoms with Crippen molar-refractivity contribution in [1.29, 1.82) is 0 Å². The third-order valence-corrected chi connectivity index (χ3v) is 3.68. The van der Waals surface area contributed by atoms with Crippen molar-refractivity contribution in [2.75, 3.05) is 26.7 Å². The molecule has 1 saturated heterocycles. The summed E-state index contributed by atoms with van der Waals surface area (Å²) >= 11 is 0. The van der Waals surface area contributed by atoms with Gasteiger partial charge in [-0.1, -0.05) is 31.2 Å². The zero-order valence-electron chi connectivity index (χ0n) is 11.4. The second-order valence-corrected chi connectivity index (χ2v) is 5.21. The van der Waals surface area contributed by atoms with Crippen molar-refractivity contribution in [3.05, 3.63) is 35.4 Å². The van der Waals surface area contributed by atoms with Gasteiger partial charge in [0.15, 0.2) is 0 Å². The van der Waals surface area contributed by atoms with Crippen LogP contribution in [0, 0.1) is 0 Å². The van der Waals surface area contributed by atoms with Crippen LogP contribution in [0.1, 0.15) is 18.1 Å². The number of morpholine rings is 1. The molecule has 0 radical (unpaired) electrons. The molecule has 18 heavy (non-hydrogen) atoms. The number of hydrogen-bond donors (Lipinski definition) is 1. The maximum absolute atomic E-state index is 6.26. The highest BCUT2D eigenvalue weighted by Gasteiger charge is 2.23. The average Bonchev–Trinajstić information content (AvgIpc) is 2.39. The van der Waals surface area contributed by atoms with E-state index in [1.807, 2.05) is 0 Å². The number of rotatable bonds is 4. The Balaban J connectivity index is 1.91. The molecule has 2 N–H and O–H groups in total. The Labute approximate surface area is 110 Å². The largest absolute Gasteiger partial charge is 0.374 e. The van der Waals surface area contributed by atoms with E-state index >= 15 is 0 Å². The van der Waals surface area contributed by atoms with Crippen molar-refractivity contribution in [1.82, 2.24) is 4.90 Å². The number of benzene rings is 1. The molecule has 1 aliphatic heterocycles. The lowest BCUT2D eigenvalue weighted by atomic mass is 9.99. The van der Waals surface area contributed by atoms with Gasteiger partial charge < -0.3 is 15.4 Å². The fourth-order valence-corrected chi connectivity index (χ4v) is 2.38. The highest BCUT2D eigenvalue weighted by atomic mass is 16.5. The van der Waals surface area contributed by atoms with Crippen molar-refractivity contribution in [2.45, 2.75) is 31.9 Å². The van der Waals surface area contributed by atoms with Gasteiger partial charge in [0.2, 0.25) is 0 Å². The van der Waals surface area contributed by atoms with Crippen molar-refractivity contribution >= 4 is 0 Å². The van der Waals surface area contributed by atoms with Gasteiger partial charge in [0, 0.05) is 19.1 Å². The minimum atomic E-state index is 0.0835. The third kappa shape index (κ3) is 3.55. The molecule has 0 aromatic heterocycles. The standard InChI is InChI=1S/C15H24N2O/c1-3-12-4-6-13(7-5-12)10-14(16)15-11-17(2)8-9-18-15/h4-7,14-15H,3,8-11,16H2,1-2H3. The Hall–Kier alpha value is -0.900. The van der Waals surface area contributed by atoms with Gasteiger partial charge >= 0.3 is 0 Å². The summed E-state index contributed by atoms with van der Waals surface area (Å²) in [6, 6.07) is 8.84. The summed E-state index contributed by atoms with van der Waals surface area (Å²) in [5.41, 5.74) is 8.94. The number of likely N-dealkylation sites (N-methyl/N-ethyl adjacent to an activating group) is 1. The highest BCUT2D eigenvalue weighted by molar-refractivity contribution is 5.23. The maximum Gasteiger partial charge on any atom is 0.0856 e. The molecular weight excluding hydrogens is 224 g/mol. The molecule has 2 rings (SSSR count). The van der Waals surface area contributed by atoms with Crippen LogP contribution in [0.15, 0.2) is 24.3 Å². The van der Waals surface area contributed by atoms with Gasteiger partial charge in [-0.05, 0) is 31.0 Å². The van der Waals surface area contributed by atoms with Crippen molar-refractivity contribution in [3.63, 3.8) is 0 Å². The van der Waals surface area contributed by atoms with E-state index in [0.717, 1.165) is 32.5 Å². The molecule has 2 unspecified atom stereocenters. The Kier molecular flexibility index (Phi) is 4.75. The van der Waals surface area contributed by atoms with Crippen LogP contribution in [0.25, 0.3) is 0 Å². The van der Waals surface area contributed by atoms with Crippen LogP contribution in [-0.2, 0) is 17.6 Å². The minimum Gasteiger partial charge on any atom is -0.374 e. The smallest absolute Gasteiger partial charge is 0.0856 e. The molecule has 0 amide bonds. The van der Waals surface area contributed by atoms with E-state index in [-0.39, 0.29) is 12.1 Å². The molecule has 3 heteroatoms. The lowest BCUT2D eigenvalue weighted by molar-refractivity contribution is -0.0319. The molecule has 2 atom stereocenters. The first-order valence-electron chi connectivity index (χ1n) is 6.82. The molecular formula is C15H24N2O. The van der Waals surface area contributed by atoms with Crippen LogP contribution in [0.5, 0.6) is 0 Å². The summed E-state index contributed by atoms with van der Waals surface area (Å²) in [4.78, 5) is 2.29. The summed E-state index contributed by atoms with van der Waals surface area (Å²) < 4.78 is 5.76. The number of ether oxygens (including phenoxy) is 1. The van der Waals surface area contributed by atoms with Crippen molar-refractivity contribution in [2.24, 2.45) is 5.73 Å². The Morgan fingerprint density at radius 1 is 1.33 bits per heavy atom. The Morgan fingerprint density at radius 2 is 2.00 bits per heavy atom. The van der Waals surface area contributed by atoms with E-state index < -0.39 is 0 Å². The van der Waals surface area contributed by atoms with E-state index in [0.29, 0.717) is 0 Å². The fourth-order valence-electron chi connectivity index (χ4n) is 2.38. The van der Waals surface area contributed by atoms with Gasteiger partial charge in [0.1, 0.15) is 0 Å². The molecule has 0 aliphatic carbocycles. The van der Waals surface area contributed by atoms with Crippen LogP contribution in [0.2, 0.25) is 0 Å². The fraction of sp³-hybridized carbons (Fsp3) is 0.600. The third-order valence-electron chi connectivity index (χ3n) is 3.68. The second kappa shape index (κ2) is 6.32. The monoisotopic (exact) mass is 248 g/mol.